The highest BCUT2D eigenvalue weighted by molar-refractivity contribution is 8.03. The Morgan fingerprint density at radius 3 is 2.81 bits per heavy atom. The average Bonchev–Trinajstić information content (AvgIpc) is 3.74. The molecule has 0 radical (unpaired) electrons. The minimum atomic E-state index is -1.16. The second-order valence-corrected chi connectivity index (χ2v) is 13.1. The highest BCUT2D eigenvalue weighted by atomic mass is 32.2. The Hall–Kier alpha value is -3.73. The molecule has 17 heteroatoms. The van der Waals surface area contributed by atoms with Crippen molar-refractivity contribution >= 4 is 41.4 Å². The summed E-state index contributed by atoms with van der Waals surface area (Å²) in [4.78, 5) is 57.1. The van der Waals surface area contributed by atoms with Crippen LogP contribution >= 0.6 is 11.8 Å². The molecule has 0 aliphatic carbocycles. The van der Waals surface area contributed by atoms with Gasteiger partial charge in [0.1, 0.15) is 18.6 Å². The number of likely N-dealkylation sites (tertiary alicyclic amines) is 2. The van der Waals surface area contributed by atoms with Crippen LogP contribution in [0.4, 0.5) is 0 Å². The van der Waals surface area contributed by atoms with Crippen LogP contribution in [0.3, 0.4) is 0 Å². The fourth-order valence-corrected chi connectivity index (χ4v) is 8.79. The van der Waals surface area contributed by atoms with Crippen molar-refractivity contribution in [1.82, 2.24) is 45.5 Å². The summed E-state index contributed by atoms with van der Waals surface area (Å²) in [5.74, 6) is -2.26. The minimum Gasteiger partial charge on any atom is -0.477 e. The molecule has 6 heterocycles. The van der Waals surface area contributed by atoms with Crippen LogP contribution in [0.15, 0.2) is 16.9 Å². The molecule has 8 unspecified atom stereocenters. The molecule has 5 aliphatic rings. The molecule has 42 heavy (non-hydrogen) atoms. The van der Waals surface area contributed by atoms with Gasteiger partial charge in [-0.15, -0.1) is 16.9 Å². The lowest BCUT2D eigenvalue weighted by Crippen LogP contribution is -2.66. The lowest BCUT2D eigenvalue weighted by molar-refractivity contribution is -0.158. The number of aliphatic carboxylic acids is 1. The monoisotopic (exact) mass is 601 g/mol. The van der Waals surface area contributed by atoms with E-state index in [9.17, 15) is 24.3 Å². The van der Waals surface area contributed by atoms with E-state index in [4.69, 9.17) is 11.1 Å². The van der Waals surface area contributed by atoms with Gasteiger partial charge in [0.2, 0.25) is 17.7 Å². The van der Waals surface area contributed by atoms with Crippen LogP contribution in [-0.4, -0.2) is 125 Å². The molecule has 0 spiro atoms. The third-order valence-electron chi connectivity index (χ3n) is 9.27. The van der Waals surface area contributed by atoms with Crippen LogP contribution in [0, 0.1) is 23.2 Å². The molecule has 1 aromatic heterocycles. The second kappa shape index (κ2) is 10.8. The number of guanidine groups is 1. The number of thioether (sulfide) groups is 1. The van der Waals surface area contributed by atoms with Crippen molar-refractivity contribution in [2.24, 2.45) is 23.5 Å². The molecule has 6 rings (SSSR count). The number of hydrogen-bond donors (Lipinski definition) is 5. The summed E-state index contributed by atoms with van der Waals surface area (Å²) in [6.07, 6.45) is 2.77. The number of carboxylic acid groups (broad SMARTS) is 1. The Morgan fingerprint density at radius 1 is 1.33 bits per heavy atom. The summed E-state index contributed by atoms with van der Waals surface area (Å²) in [6, 6.07) is -1.19. The first kappa shape index (κ1) is 28.4. The molecule has 4 saturated heterocycles. The van der Waals surface area contributed by atoms with E-state index in [0.29, 0.717) is 36.9 Å². The van der Waals surface area contributed by atoms with Gasteiger partial charge in [0.05, 0.1) is 24.0 Å². The van der Waals surface area contributed by atoms with Crippen LogP contribution < -0.4 is 16.4 Å². The summed E-state index contributed by atoms with van der Waals surface area (Å²) < 4.78 is 1.28. The van der Waals surface area contributed by atoms with E-state index < -0.39 is 17.9 Å². The largest absolute Gasteiger partial charge is 0.477 e. The summed E-state index contributed by atoms with van der Waals surface area (Å²) in [7, 11) is 0. The van der Waals surface area contributed by atoms with E-state index >= 15 is 0 Å². The van der Waals surface area contributed by atoms with Crippen molar-refractivity contribution < 1.29 is 24.3 Å². The number of carboxylic acids is 1. The molecule has 0 saturated carbocycles. The fourth-order valence-electron chi connectivity index (χ4n) is 7.31. The maximum Gasteiger partial charge on any atom is 0.353 e. The molecule has 3 amide bonds. The number of carbonyl (C=O) groups excluding carboxylic acids is 3. The molecule has 0 aromatic carbocycles. The van der Waals surface area contributed by atoms with Crippen LogP contribution in [0.1, 0.15) is 26.7 Å². The number of amides is 3. The number of rotatable bonds is 8. The highest BCUT2D eigenvalue weighted by Crippen LogP contribution is 2.52. The maximum absolute atomic E-state index is 13.4. The number of β-lactam (4-membered cyclic amide) rings is 1. The summed E-state index contributed by atoms with van der Waals surface area (Å²) in [5, 5.41) is 34.7. The van der Waals surface area contributed by atoms with E-state index in [1.54, 1.807) is 6.92 Å². The zero-order chi connectivity index (χ0) is 29.9. The molecule has 5 aliphatic heterocycles. The van der Waals surface area contributed by atoms with Crippen molar-refractivity contribution in [2.45, 2.75) is 62.7 Å². The van der Waals surface area contributed by atoms with Crippen molar-refractivity contribution in [3.63, 3.8) is 0 Å². The quantitative estimate of drug-likeness (QED) is 0.122. The van der Waals surface area contributed by atoms with E-state index in [1.807, 2.05) is 16.7 Å². The van der Waals surface area contributed by atoms with Gasteiger partial charge in [0, 0.05) is 54.2 Å². The van der Waals surface area contributed by atoms with Gasteiger partial charge in [-0.1, -0.05) is 6.92 Å². The zero-order valence-electron chi connectivity index (χ0n) is 23.3. The molecule has 16 nitrogen and oxygen atoms in total. The van der Waals surface area contributed by atoms with Gasteiger partial charge >= 0.3 is 5.97 Å². The summed E-state index contributed by atoms with van der Waals surface area (Å²) in [6.45, 7) is 6.06. The lowest BCUT2D eigenvalue weighted by Gasteiger charge is -2.47. The smallest absolute Gasteiger partial charge is 0.353 e. The van der Waals surface area contributed by atoms with E-state index in [-0.39, 0.29) is 65.2 Å². The minimum absolute atomic E-state index is 0.00237. The van der Waals surface area contributed by atoms with Crippen LogP contribution in [-0.2, 0) is 25.7 Å². The number of tetrazole rings is 1. The Labute approximate surface area is 245 Å². The SMILES string of the molecule is CC(NC(=O)Cn1cnnn1)C1C(=O)N2C(C(=O)O)=C(SC3CNC(C(=O)N4CC5CCN(C(=N)N)C5C4)C3)C(C)C12. The predicted octanol–water partition coefficient (Wildman–Crippen LogP) is -2.16. The average molecular weight is 602 g/mol. The molecule has 0 bridgehead atoms. The van der Waals surface area contributed by atoms with Crippen LogP contribution in [0.5, 0.6) is 0 Å². The van der Waals surface area contributed by atoms with Crippen molar-refractivity contribution in [1.29, 1.82) is 5.41 Å². The maximum atomic E-state index is 13.4. The van der Waals surface area contributed by atoms with Gasteiger partial charge in [-0.05, 0) is 30.2 Å². The van der Waals surface area contributed by atoms with Gasteiger partial charge in [-0.25, -0.2) is 9.48 Å². The normalized spacial score (nSPS) is 32.6. The standard InChI is InChI=1S/C25H35N11O5S/c1-11-19-18(12(2)30-17(37)9-34-10-29-31-32-34)23(39)36(19)20(24(40)41)21(11)42-14-5-15(28-6-14)22(38)33-7-13-3-4-35(25(26)27)16(13)8-33/h10-16,18-19,28H,3-9H2,1-2H3,(H3,26,27)(H,30,37)(H,40,41). The van der Waals surface area contributed by atoms with E-state index in [1.165, 1.54) is 27.7 Å². The number of nitrogens with zero attached hydrogens (tertiary/aromatic N) is 7. The second-order valence-electron chi connectivity index (χ2n) is 11.8. The first-order chi connectivity index (χ1) is 20.0. The first-order valence-electron chi connectivity index (χ1n) is 14.1. The number of hydrogen-bond acceptors (Lipinski definition) is 10. The molecular formula is C25H35N11O5S. The van der Waals surface area contributed by atoms with Crippen molar-refractivity contribution in [2.75, 3.05) is 26.2 Å². The molecule has 8 atom stereocenters. The van der Waals surface area contributed by atoms with Crippen molar-refractivity contribution in [3.8, 4) is 0 Å². The van der Waals surface area contributed by atoms with Gasteiger partial charge in [-0.2, -0.15) is 0 Å². The Kier molecular flexibility index (Phi) is 7.32. The van der Waals surface area contributed by atoms with E-state index in [2.05, 4.69) is 26.2 Å². The lowest BCUT2D eigenvalue weighted by atomic mass is 9.78. The molecular weight excluding hydrogens is 566 g/mol. The first-order valence-corrected chi connectivity index (χ1v) is 15.0. The highest BCUT2D eigenvalue weighted by Gasteiger charge is 2.60. The topological polar surface area (TPSA) is 216 Å². The Bertz CT molecular complexity index is 1340. The Balaban J connectivity index is 1.08. The predicted molar refractivity (Wildman–Crippen MR) is 148 cm³/mol. The van der Waals surface area contributed by atoms with Crippen LogP contribution in [0.25, 0.3) is 0 Å². The van der Waals surface area contributed by atoms with Gasteiger partial charge < -0.3 is 36.2 Å². The number of fused-ring (bicyclic) bond motifs is 2. The number of aromatic nitrogens is 4. The number of nitrogens with two attached hydrogens (primary N) is 1. The van der Waals surface area contributed by atoms with Gasteiger partial charge in [-0.3, -0.25) is 19.8 Å². The summed E-state index contributed by atoms with van der Waals surface area (Å²) >= 11 is 1.43. The molecule has 4 fully saturated rings. The zero-order valence-corrected chi connectivity index (χ0v) is 24.2. The third kappa shape index (κ3) is 4.77. The van der Waals surface area contributed by atoms with E-state index in [0.717, 1.165) is 13.0 Å². The van der Waals surface area contributed by atoms with Crippen molar-refractivity contribution in [3.05, 3.63) is 16.9 Å². The molecule has 1 aromatic rings. The van der Waals surface area contributed by atoms with Gasteiger partial charge in [0.25, 0.3) is 0 Å². The number of carbonyl (C=O) groups is 4. The molecule has 226 valence electrons. The fraction of sp³-hybridized carbons (Fsp3) is 0.680. The Morgan fingerprint density at radius 2 is 2.12 bits per heavy atom. The molecule has 6 N–H and O–H groups in total. The number of nitrogens with one attached hydrogen (secondary N) is 3. The van der Waals surface area contributed by atoms with Crippen LogP contribution in [0.2, 0.25) is 0 Å². The summed E-state index contributed by atoms with van der Waals surface area (Å²) in [5.41, 5.74) is 5.73. The third-order valence-corrected chi connectivity index (χ3v) is 10.8. The van der Waals surface area contributed by atoms with Gasteiger partial charge in [0.15, 0.2) is 5.96 Å².